The minimum absolute atomic E-state index is 0.478. The molecule has 0 amide bonds. The van der Waals surface area contributed by atoms with Crippen molar-refractivity contribution in [3.63, 3.8) is 0 Å². The lowest BCUT2D eigenvalue weighted by atomic mass is 10.1. The topological polar surface area (TPSA) is 32.7 Å². The summed E-state index contributed by atoms with van der Waals surface area (Å²) in [5.41, 5.74) is 2.03. The summed E-state index contributed by atoms with van der Waals surface area (Å²) in [6.07, 6.45) is 0.101. The molecule has 0 bridgehead atoms. The van der Waals surface area contributed by atoms with Gasteiger partial charge < -0.3 is 14.7 Å². The van der Waals surface area contributed by atoms with E-state index in [9.17, 15) is 5.11 Å². The van der Waals surface area contributed by atoms with Crippen LogP contribution in [0.4, 0.5) is 5.69 Å². The standard InChI is InChI=1S/C17H21NO2/c1-18(2)15-9-6-10-16(13-15)20-12-11-17(19)14-7-4-3-5-8-14/h3-10,13,17,19H,11-12H2,1-2H3. The Bertz CT molecular complexity index is 526. The molecule has 0 aliphatic carbocycles. The van der Waals surface area contributed by atoms with Crippen LogP contribution in [0, 0.1) is 0 Å². The highest BCUT2D eigenvalue weighted by Crippen LogP contribution is 2.21. The number of nitrogens with zero attached hydrogens (tertiary/aromatic N) is 1. The van der Waals surface area contributed by atoms with Gasteiger partial charge in [0.1, 0.15) is 5.75 Å². The molecule has 2 aromatic carbocycles. The van der Waals surface area contributed by atoms with E-state index in [2.05, 4.69) is 0 Å². The first kappa shape index (κ1) is 14.4. The summed E-state index contributed by atoms with van der Waals surface area (Å²) in [6, 6.07) is 17.6. The van der Waals surface area contributed by atoms with Gasteiger partial charge in [0.05, 0.1) is 12.7 Å². The molecule has 106 valence electrons. The third-order valence-electron chi connectivity index (χ3n) is 3.18. The number of aliphatic hydroxyl groups excluding tert-OH is 1. The van der Waals surface area contributed by atoms with Crippen LogP contribution < -0.4 is 9.64 Å². The average Bonchev–Trinajstić information content (AvgIpc) is 2.48. The Kier molecular flexibility index (Phi) is 5.02. The molecule has 3 heteroatoms. The molecule has 1 unspecified atom stereocenters. The van der Waals surface area contributed by atoms with E-state index in [0.29, 0.717) is 13.0 Å². The van der Waals surface area contributed by atoms with Gasteiger partial charge in [-0.3, -0.25) is 0 Å². The van der Waals surface area contributed by atoms with Crippen molar-refractivity contribution in [3.05, 3.63) is 60.2 Å². The fourth-order valence-electron chi connectivity index (χ4n) is 1.98. The Morgan fingerprint density at radius 1 is 1.05 bits per heavy atom. The highest BCUT2D eigenvalue weighted by Gasteiger charge is 2.07. The van der Waals surface area contributed by atoms with Crippen molar-refractivity contribution in [3.8, 4) is 5.75 Å². The summed E-state index contributed by atoms with van der Waals surface area (Å²) in [5, 5.41) is 10.1. The summed E-state index contributed by atoms with van der Waals surface area (Å²) in [5.74, 6) is 0.830. The van der Waals surface area contributed by atoms with Gasteiger partial charge in [0.15, 0.2) is 0 Å². The summed E-state index contributed by atoms with van der Waals surface area (Å²) in [6.45, 7) is 0.493. The molecule has 3 nitrogen and oxygen atoms in total. The molecule has 2 rings (SSSR count). The maximum Gasteiger partial charge on any atom is 0.121 e. The van der Waals surface area contributed by atoms with Crippen LogP contribution in [0.2, 0.25) is 0 Å². The van der Waals surface area contributed by atoms with Crippen LogP contribution in [-0.4, -0.2) is 25.8 Å². The molecule has 0 aromatic heterocycles. The molecule has 2 aromatic rings. The van der Waals surface area contributed by atoms with Crippen molar-refractivity contribution in [2.45, 2.75) is 12.5 Å². The minimum Gasteiger partial charge on any atom is -0.493 e. The van der Waals surface area contributed by atoms with Crippen LogP contribution in [0.25, 0.3) is 0 Å². The zero-order chi connectivity index (χ0) is 14.4. The summed E-state index contributed by atoms with van der Waals surface area (Å²) < 4.78 is 5.70. The van der Waals surface area contributed by atoms with Crippen LogP contribution in [0.5, 0.6) is 5.75 Å². The second-order valence-corrected chi connectivity index (χ2v) is 4.96. The van der Waals surface area contributed by atoms with E-state index in [1.165, 1.54) is 0 Å². The van der Waals surface area contributed by atoms with E-state index in [0.717, 1.165) is 17.0 Å². The molecular weight excluding hydrogens is 250 g/mol. The maximum atomic E-state index is 10.1. The van der Waals surface area contributed by atoms with Crippen LogP contribution >= 0.6 is 0 Å². The molecule has 20 heavy (non-hydrogen) atoms. The maximum absolute atomic E-state index is 10.1. The van der Waals surface area contributed by atoms with E-state index in [1.807, 2.05) is 73.6 Å². The monoisotopic (exact) mass is 271 g/mol. The summed E-state index contributed by atoms with van der Waals surface area (Å²) in [7, 11) is 4.00. The van der Waals surface area contributed by atoms with Gasteiger partial charge >= 0.3 is 0 Å². The van der Waals surface area contributed by atoms with Gasteiger partial charge in [-0.25, -0.2) is 0 Å². The third-order valence-corrected chi connectivity index (χ3v) is 3.18. The predicted octanol–water partition coefficient (Wildman–Crippen LogP) is 3.26. The second-order valence-electron chi connectivity index (χ2n) is 4.96. The Morgan fingerprint density at radius 2 is 1.80 bits per heavy atom. The number of anilines is 1. The van der Waals surface area contributed by atoms with Crippen LogP contribution in [0.1, 0.15) is 18.1 Å². The first-order valence-corrected chi connectivity index (χ1v) is 6.80. The molecule has 0 saturated carbocycles. The number of benzene rings is 2. The van der Waals surface area contributed by atoms with Gasteiger partial charge in [-0.1, -0.05) is 36.4 Å². The zero-order valence-corrected chi connectivity index (χ0v) is 12.0. The number of hydrogen-bond donors (Lipinski definition) is 1. The lowest BCUT2D eigenvalue weighted by Crippen LogP contribution is -2.09. The number of aliphatic hydroxyl groups is 1. The largest absolute Gasteiger partial charge is 0.493 e. The Morgan fingerprint density at radius 3 is 2.50 bits per heavy atom. The fourth-order valence-corrected chi connectivity index (χ4v) is 1.98. The van der Waals surface area contributed by atoms with E-state index in [1.54, 1.807) is 0 Å². The molecular formula is C17H21NO2. The highest BCUT2D eigenvalue weighted by molar-refractivity contribution is 5.49. The Balaban J connectivity index is 1.85. The van der Waals surface area contributed by atoms with Crippen molar-refractivity contribution in [1.82, 2.24) is 0 Å². The third kappa shape index (κ3) is 4.00. The van der Waals surface area contributed by atoms with E-state index in [-0.39, 0.29) is 0 Å². The number of hydrogen-bond acceptors (Lipinski definition) is 3. The van der Waals surface area contributed by atoms with Gasteiger partial charge in [0, 0.05) is 32.3 Å². The van der Waals surface area contributed by atoms with Crippen molar-refractivity contribution < 1.29 is 9.84 Å². The fraction of sp³-hybridized carbons (Fsp3) is 0.294. The normalized spacial score (nSPS) is 11.9. The smallest absolute Gasteiger partial charge is 0.121 e. The van der Waals surface area contributed by atoms with Crippen molar-refractivity contribution >= 4 is 5.69 Å². The minimum atomic E-state index is -0.478. The molecule has 0 aliphatic heterocycles. The Hall–Kier alpha value is -2.00. The molecule has 0 aliphatic rings. The lowest BCUT2D eigenvalue weighted by molar-refractivity contribution is 0.141. The number of ether oxygens (including phenoxy) is 1. The second kappa shape index (κ2) is 6.96. The summed E-state index contributed by atoms with van der Waals surface area (Å²) in [4.78, 5) is 2.03. The van der Waals surface area contributed by atoms with Crippen LogP contribution in [0.15, 0.2) is 54.6 Å². The van der Waals surface area contributed by atoms with Gasteiger partial charge in [-0.2, -0.15) is 0 Å². The first-order chi connectivity index (χ1) is 9.66. The molecule has 0 radical (unpaired) electrons. The van der Waals surface area contributed by atoms with E-state index in [4.69, 9.17) is 4.74 Å². The number of rotatable bonds is 6. The van der Waals surface area contributed by atoms with Crippen LogP contribution in [0.3, 0.4) is 0 Å². The molecule has 0 fully saturated rings. The average molecular weight is 271 g/mol. The molecule has 1 N–H and O–H groups in total. The lowest BCUT2D eigenvalue weighted by Gasteiger charge is -2.15. The summed E-state index contributed by atoms with van der Waals surface area (Å²) >= 11 is 0. The highest BCUT2D eigenvalue weighted by atomic mass is 16.5. The predicted molar refractivity (Wildman–Crippen MR) is 82.3 cm³/mol. The molecule has 0 heterocycles. The quantitative estimate of drug-likeness (QED) is 0.875. The molecule has 1 atom stereocenters. The van der Waals surface area contributed by atoms with E-state index < -0.39 is 6.10 Å². The van der Waals surface area contributed by atoms with Gasteiger partial charge in [-0.05, 0) is 17.7 Å². The zero-order valence-electron chi connectivity index (χ0n) is 12.0. The van der Waals surface area contributed by atoms with Gasteiger partial charge in [0.2, 0.25) is 0 Å². The molecule has 0 saturated heterocycles. The Labute approximate surface area is 120 Å². The van der Waals surface area contributed by atoms with Gasteiger partial charge in [-0.15, -0.1) is 0 Å². The van der Waals surface area contributed by atoms with Crippen molar-refractivity contribution in [1.29, 1.82) is 0 Å². The van der Waals surface area contributed by atoms with Gasteiger partial charge in [0.25, 0.3) is 0 Å². The van der Waals surface area contributed by atoms with E-state index >= 15 is 0 Å². The van der Waals surface area contributed by atoms with Crippen molar-refractivity contribution in [2.24, 2.45) is 0 Å². The first-order valence-electron chi connectivity index (χ1n) is 6.80. The SMILES string of the molecule is CN(C)c1cccc(OCCC(O)c2ccccc2)c1. The van der Waals surface area contributed by atoms with Crippen molar-refractivity contribution in [2.75, 3.05) is 25.6 Å². The van der Waals surface area contributed by atoms with Crippen LogP contribution in [-0.2, 0) is 0 Å². The molecule has 0 spiro atoms.